The van der Waals surface area contributed by atoms with Crippen LogP contribution in [0.1, 0.15) is 19.8 Å². The molecule has 5 heteroatoms. The van der Waals surface area contributed by atoms with Gasteiger partial charge < -0.3 is 15.4 Å². The smallest absolute Gasteiger partial charge is 0.196 e. The van der Waals surface area contributed by atoms with Crippen molar-refractivity contribution < 1.29 is 4.74 Å². The van der Waals surface area contributed by atoms with E-state index in [0.29, 0.717) is 12.1 Å². The van der Waals surface area contributed by atoms with Crippen LogP contribution in [0.15, 0.2) is 33.7 Å². The molecule has 0 saturated heterocycles. The molecule has 1 aromatic rings. The fraction of sp³-hybridized carbons (Fsp3) is 0.500. The Morgan fingerprint density at radius 3 is 2.89 bits per heavy atom. The van der Waals surface area contributed by atoms with Gasteiger partial charge in [0.25, 0.3) is 0 Å². The van der Waals surface area contributed by atoms with Crippen LogP contribution in [0.3, 0.4) is 0 Å². The van der Waals surface area contributed by atoms with Crippen LogP contribution >= 0.6 is 15.9 Å². The normalized spacial score (nSPS) is 29.5. The fourth-order valence-corrected chi connectivity index (χ4v) is 3.54. The number of hydrogen-bond acceptors (Lipinski definition) is 4. The quantitative estimate of drug-likeness (QED) is 0.929. The first-order valence-electron chi connectivity index (χ1n) is 6.62. The van der Waals surface area contributed by atoms with Gasteiger partial charge in [0.1, 0.15) is 0 Å². The van der Waals surface area contributed by atoms with Crippen LogP contribution in [0, 0.1) is 0 Å². The number of benzene rings is 1. The molecular formula is C14H18BrN3O. The van der Waals surface area contributed by atoms with E-state index < -0.39 is 0 Å². The summed E-state index contributed by atoms with van der Waals surface area (Å²) in [6, 6.07) is 8.15. The number of rotatable bonds is 3. The van der Waals surface area contributed by atoms with E-state index in [9.17, 15) is 0 Å². The highest BCUT2D eigenvalue weighted by Crippen LogP contribution is 2.46. The van der Waals surface area contributed by atoms with Crippen molar-refractivity contribution in [2.24, 2.45) is 10.7 Å². The highest BCUT2D eigenvalue weighted by molar-refractivity contribution is 9.10. The molecule has 3 rings (SSSR count). The topological polar surface area (TPSA) is 50.9 Å². The van der Waals surface area contributed by atoms with Gasteiger partial charge in [0.2, 0.25) is 0 Å². The Balaban J connectivity index is 1.87. The minimum Gasteiger partial charge on any atom is -0.378 e. The first kappa shape index (κ1) is 12.9. The molecule has 1 heterocycles. The molecule has 1 aliphatic carbocycles. The van der Waals surface area contributed by atoms with Crippen molar-refractivity contribution in [3.05, 3.63) is 28.7 Å². The molecule has 1 fully saturated rings. The van der Waals surface area contributed by atoms with Crippen LogP contribution in [0.5, 0.6) is 0 Å². The third-order valence-corrected chi connectivity index (χ3v) is 4.62. The largest absolute Gasteiger partial charge is 0.378 e. The van der Waals surface area contributed by atoms with Crippen LogP contribution < -0.4 is 10.6 Å². The Hall–Kier alpha value is -1.07. The first-order valence-corrected chi connectivity index (χ1v) is 7.42. The molecule has 1 saturated carbocycles. The molecule has 0 radical (unpaired) electrons. The van der Waals surface area contributed by atoms with Gasteiger partial charge in [-0.15, -0.1) is 0 Å². The summed E-state index contributed by atoms with van der Waals surface area (Å²) in [5.74, 6) is 0.613. The second-order valence-corrected chi connectivity index (χ2v) is 6.03. The average Bonchev–Trinajstić information content (AvgIpc) is 2.68. The number of halogens is 1. The Morgan fingerprint density at radius 1 is 1.47 bits per heavy atom. The molecular weight excluding hydrogens is 306 g/mol. The third-order valence-electron chi connectivity index (χ3n) is 3.95. The lowest BCUT2D eigenvalue weighted by Gasteiger charge is -2.50. The maximum atomic E-state index is 6.10. The van der Waals surface area contributed by atoms with Crippen molar-refractivity contribution in [2.75, 3.05) is 18.1 Å². The summed E-state index contributed by atoms with van der Waals surface area (Å²) in [5.41, 5.74) is 7.21. The summed E-state index contributed by atoms with van der Waals surface area (Å²) in [6.45, 7) is 3.58. The first-order chi connectivity index (χ1) is 9.16. The molecule has 0 bridgehead atoms. The zero-order valence-corrected chi connectivity index (χ0v) is 12.6. The van der Waals surface area contributed by atoms with Crippen LogP contribution in [0.4, 0.5) is 5.69 Å². The van der Waals surface area contributed by atoms with Gasteiger partial charge in [-0.3, -0.25) is 4.99 Å². The Bertz CT molecular complexity index is 511. The SMILES string of the molecule is CCOC1CC2(CN=C(N)N2c2ccccc2Br)C1. The molecule has 0 unspecified atom stereocenters. The lowest BCUT2D eigenvalue weighted by molar-refractivity contribution is -0.0306. The van der Waals surface area contributed by atoms with Crippen LogP contribution in [0.25, 0.3) is 0 Å². The van der Waals surface area contributed by atoms with Gasteiger partial charge in [-0.25, -0.2) is 0 Å². The van der Waals surface area contributed by atoms with Crippen molar-refractivity contribution in [1.82, 2.24) is 0 Å². The number of guanidine groups is 1. The van der Waals surface area contributed by atoms with E-state index in [4.69, 9.17) is 10.5 Å². The van der Waals surface area contributed by atoms with E-state index >= 15 is 0 Å². The van der Waals surface area contributed by atoms with E-state index in [1.807, 2.05) is 25.1 Å². The summed E-state index contributed by atoms with van der Waals surface area (Å²) in [4.78, 5) is 6.62. The fourth-order valence-electron chi connectivity index (χ4n) is 3.08. The van der Waals surface area contributed by atoms with E-state index in [-0.39, 0.29) is 5.54 Å². The molecule has 0 atom stereocenters. The van der Waals surface area contributed by atoms with Gasteiger partial charge in [-0.1, -0.05) is 12.1 Å². The minimum atomic E-state index is 0.0216. The standard InChI is InChI=1S/C14H18BrN3O/c1-2-19-10-7-14(8-10)9-17-13(16)18(14)12-6-4-3-5-11(12)15/h3-6,10H,2,7-9H2,1H3,(H2,16,17). The summed E-state index contributed by atoms with van der Waals surface area (Å²) >= 11 is 3.60. The molecule has 19 heavy (non-hydrogen) atoms. The van der Waals surface area contributed by atoms with Crippen LogP contribution in [-0.4, -0.2) is 30.8 Å². The zero-order chi connectivity index (χ0) is 13.5. The van der Waals surface area contributed by atoms with Gasteiger partial charge in [0.15, 0.2) is 5.96 Å². The number of para-hydroxylation sites is 1. The molecule has 0 amide bonds. The van der Waals surface area contributed by atoms with Crippen molar-refractivity contribution in [2.45, 2.75) is 31.4 Å². The van der Waals surface area contributed by atoms with Crippen molar-refractivity contribution in [3.8, 4) is 0 Å². The number of ether oxygens (including phenoxy) is 1. The average molecular weight is 324 g/mol. The van der Waals surface area contributed by atoms with Gasteiger partial charge in [-0.2, -0.15) is 0 Å². The van der Waals surface area contributed by atoms with Crippen molar-refractivity contribution in [1.29, 1.82) is 0 Å². The highest BCUT2D eigenvalue weighted by Gasteiger charge is 2.53. The summed E-state index contributed by atoms with van der Waals surface area (Å²) in [6.07, 6.45) is 2.33. The van der Waals surface area contributed by atoms with Crippen molar-refractivity contribution >= 4 is 27.6 Å². The highest BCUT2D eigenvalue weighted by atomic mass is 79.9. The van der Waals surface area contributed by atoms with E-state index in [2.05, 4.69) is 31.9 Å². The minimum absolute atomic E-state index is 0.0216. The summed E-state index contributed by atoms with van der Waals surface area (Å²) < 4.78 is 6.73. The van der Waals surface area contributed by atoms with Crippen LogP contribution in [-0.2, 0) is 4.74 Å². The second kappa shape index (κ2) is 4.80. The van der Waals surface area contributed by atoms with Gasteiger partial charge in [0.05, 0.1) is 23.9 Å². The molecule has 1 aliphatic heterocycles. The molecule has 2 aliphatic rings. The molecule has 1 spiro atoms. The Labute approximate surface area is 121 Å². The maximum absolute atomic E-state index is 6.10. The molecule has 2 N–H and O–H groups in total. The maximum Gasteiger partial charge on any atom is 0.196 e. The molecule has 102 valence electrons. The van der Waals surface area contributed by atoms with E-state index in [1.54, 1.807) is 0 Å². The predicted molar refractivity (Wildman–Crippen MR) is 80.5 cm³/mol. The number of nitrogens with two attached hydrogens (primary N) is 1. The van der Waals surface area contributed by atoms with Crippen LogP contribution in [0.2, 0.25) is 0 Å². The summed E-state index contributed by atoms with van der Waals surface area (Å²) in [7, 11) is 0. The zero-order valence-electron chi connectivity index (χ0n) is 11.0. The van der Waals surface area contributed by atoms with Gasteiger partial charge >= 0.3 is 0 Å². The van der Waals surface area contributed by atoms with E-state index in [1.165, 1.54) is 0 Å². The van der Waals surface area contributed by atoms with Gasteiger partial charge in [-0.05, 0) is 47.8 Å². The Kier molecular flexibility index (Phi) is 3.27. The Morgan fingerprint density at radius 2 is 2.21 bits per heavy atom. The lowest BCUT2D eigenvalue weighted by atomic mass is 9.73. The number of nitrogens with zero attached hydrogens (tertiary/aromatic N) is 2. The van der Waals surface area contributed by atoms with Gasteiger partial charge in [0, 0.05) is 11.1 Å². The summed E-state index contributed by atoms with van der Waals surface area (Å²) in [5, 5.41) is 0. The number of anilines is 1. The second-order valence-electron chi connectivity index (χ2n) is 5.17. The lowest BCUT2D eigenvalue weighted by Crippen LogP contribution is -2.62. The number of hydrogen-bond donors (Lipinski definition) is 1. The third kappa shape index (κ3) is 2.05. The van der Waals surface area contributed by atoms with Crippen molar-refractivity contribution in [3.63, 3.8) is 0 Å². The molecule has 4 nitrogen and oxygen atoms in total. The molecule has 1 aromatic carbocycles. The van der Waals surface area contributed by atoms with E-state index in [0.717, 1.165) is 36.2 Å². The predicted octanol–water partition coefficient (Wildman–Crippen LogP) is 2.52. The molecule has 0 aromatic heterocycles. The number of aliphatic imine (C=N–C) groups is 1. The monoisotopic (exact) mass is 323 g/mol.